The van der Waals surface area contributed by atoms with Gasteiger partial charge in [-0.15, -0.1) is 0 Å². The van der Waals surface area contributed by atoms with Crippen molar-refractivity contribution in [1.29, 1.82) is 0 Å². The molecule has 1 aliphatic carbocycles. The largest absolute Gasteiger partial charge is 0.377 e. The molecule has 2 unspecified atom stereocenters. The molecule has 3 nitrogen and oxygen atoms in total. The van der Waals surface area contributed by atoms with Gasteiger partial charge in [-0.05, 0) is 39.5 Å². The molecule has 1 saturated carbocycles. The van der Waals surface area contributed by atoms with E-state index in [1.54, 1.807) is 0 Å². The van der Waals surface area contributed by atoms with E-state index in [-0.39, 0.29) is 5.41 Å². The van der Waals surface area contributed by atoms with E-state index in [0.717, 1.165) is 32.0 Å². The molecule has 0 bridgehead atoms. The van der Waals surface area contributed by atoms with Gasteiger partial charge in [0.1, 0.15) is 0 Å². The Balaban J connectivity index is 1.68. The highest BCUT2D eigenvalue weighted by molar-refractivity contribution is 4.84. The van der Waals surface area contributed by atoms with Gasteiger partial charge in [0.05, 0.1) is 24.9 Å². The van der Waals surface area contributed by atoms with E-state index in [9.17, 15) is 0 Å². The predicted molar refractivity (Wildman–Crippen MR) is 73.8 cm³/mol. The first-order valence-electron chi connectivity index (χ1n) is 7.45. The first-order chi connectivity index (χ1) is 8.44. The van der Waals surface area contributed by atoms with Gasteiger partial charge in [-0.1, -0.05) is 13.8 Å². The second-order valence-electron chi connectivity index (χ2n) is 6.98. The summed E-state index contributed by atoms with van der Waals surface area (Å²) in [5.74, 6) is 0. The van der Waals surface area contributed by atoms with Crippen molar-refractivity contribution in [2.24, 2.45) is 5.41 Å². The van der Waals surface area contributed by atoms with Crippen LogP contribution in [0.1, 0.15) is 53.4 Å². The van der Waals surface area contributed by atoms with Crippen LogP contribution in [-0.4, -0.2) is 37.5 Å². The molecule has 1 N–H and O–H groups in total. The van der Waals surface area contributed by atoms with E-state index in [1.807, 2.05) is 0 Å². The zero-order valence-electron chi connectivity index (χ0n) is 12.4. The summed E-state index contributed by atoms with van der Waals surface area (Å²) in [5.41, 5.74) is 0.230. The lowest BCUT2D eigenvalue weighted by atomic mass is 9.94. The van der Waals surface area contributed by atoms with E-state index in [1.165, 1.54) is 12.8 Å². The monoisotopic (exact) mass is 255 g/mol. The smallest absolute Gasteiger partial charge is 0.0624 e. The average Bonchev–Trinajstić information content (AvgIpc) is 3.07. The molecule has 2 fully saturated rings. The maximum atomic E-state index is 6.12. The zero-order chi connectivity index (χ0) is 13.2. The van der Waals surface area contributed by atoms with Crippen molar-refractivity contribution in [2.45, 2.75) is 77.7 Å². The second-order valence-corrected chi connectivity index (χ2v) is 6.98. The minimum atomic E-state index is 0.230. The maximum absolute atomic E-state index is 6.12. The molecular weight excluding hydrogens is 226 g/mol. The summed E-state index contributed by atoms with van der Waals surface area (Å²) in [7, 11) is 0. The van der Waals surface area contributed by atoms with Gasteiger partial charge in [0.25, 0.3) is 0 Å². The summed E-state index contributed by atoms with van der Waals surface area (Å²) < 4.78 is 11.9. The Hall–Kier alpha value is -0.120. The van der Waals surface area contributed by atoms with Crippen LogP contribution in [0.5, 0.6) is 0 Å². The Morgan fingerprint density at radius 3 is 2.33 bits per heavy atom. The Bertz CT molecular complexity index is 253. The molecule has 0 amide bonds. The molecule has 1 heterocycles. The zero-order valence-corrected chi connectivity index (χ0v) is 12.4. The second kappa shape index (κ2) is 5.89. The van der Waals surface area contributed by atoms with Gasteiger partial charge in [-0.2, -0.15) is 0 Å². The Morgan fingerprint density at radius 1 is 1.17 bits per heavy atom. The SMILES string of the molecule is CC1CC(OCC(C)(C)CNC2CC2)CC(C)O1. The number of nitrogens with one attached hydrogen (secondary N) is 1. The molecule has 106 valence electrons. The van der Waals surface area contributed by atoms with Crippen molar-refractivity contribution >= 4 is 0 Å². The standard InChI is InChI=1S/C15H29NO2/c1-11-7-14(8-12(2)18-11)17-10-15(3,4)9-16-13-5-6-13/h11-14,16H,5-10H2,1-4H3. The van der Waals surface area contributed by atoms with Crippen LogP contribution >= 0.6 is 0 Å². The predicted octanol–water partition coefficient (Wildman–Crippen LogP) is 2.74. The number of hydrogen-bond acceptors (Lipinski definition) is 3. The molecule has 18 heavy (non-hydrogen) atoms. The summed E-state index contributed by atoms with van der Waals surface area (Å²) >= 11 is 0. The topological polar surface area (TPSA) is 30.5 Å². The molecule has 2 atom stereocenters. The first-order valence-corrected chi connectivity index (χ1v) is 7.45. The lowest BCUT2D eigenvalue weighted by molar-refractivity contribution is -0.113. The molecule has 1 aliphatic heterocycles. The molecule has 0 aromatic heterocycles. The third-order valence-electron chi connectivity index (χ3n) is 3.81. The van der Waals surface area contributed by atoms with Gasteiger partial charge in [0.2, 0.25) is 0 Å². The van der Waals surface area contributed by atoms with Crippen LogP contribution in [0.4, 0.5) is 0 Å². The molecule has 1 saturated heterocycles. The normalized spacial score (nSPS) is 33.7. The lowest BCUT2D eigenvalue weighted by Crippen LogP contribution is -2.39. The number of ether oxygens (including phenoxy) is 2. The summed E-state index contributed by atoms with van der Waals surface area (Å²) in [6.07, 6.45) is 5.84. The quantitative estimate of drug-likeness (QED) is 0.791. The van der Waals surface area contributed by atoms with Gasteiger partial charge in [-0.3, -0.25) is 0 Å². The van der Waals surface area contributed by atoms with Crippen molar-refractivity contribution in [3.8, 4) is 0 Å². The van der Waals surface area contributed by atoms with Gasteiger partial charge in [-0.25, -0.2) is 0 Å². The lowest BCUT2D eigenvalue weighted by Gasteiger charge is -2.34. The van der Waals surface area contributed by atoms with E-state index in [4.69, 9.17) is 9.47 Å². The van der Waals surface area contributed by atoms with E-state index in [0.29, 0.717) is 18.3 Å². The van der Waals surface area contributed by atoms with E-state index < -0.39 is 0 Å². The highest BCUT2D eigenvalue weighted by atomic mass is 16.5. The van der Waals surface area contributed by atoms with Gasteiger partial charge >= 0.3 is 0 Å². The Labute approximate surface area is 112 Å². The van der Waals surface area contributed by atoms with Crippen molar-refractivity contribution in [2.75, 3.05) is 13.2 Å². The van der Waals surface area contributed by atoms with E-state index >= 15 is 0 Å². The van der Waals surface area contributed by atoms with Crippen molar-refractivity contribution in [3.63, 3.8) is 0 Å². The minimum Gasteiger partial charge on any atom is -0.377 e. The first kappa shape index (κ1) is 14.3. The van der Waals surface area contributed by atoms with Crippen molar-refractivity contribution < 1.29 is 9.47 Å². The third kappa shape index (κ3) is 4.87. The Morgan fingerprint density at radius 2 is 1.78 bits per heavy atom. The van der Waals surface area contributed by atoms with E-state index in [2.05, 4.69) is 33.0 Å². The fourth-order valence-corrected chi connectivity index (χ4v) is 2.58. The van der Waals surface area contributed by atoms with Crippen LogP contribution in [-0.2, 0) is 9.47 Å². The summed E-state index contributed by atoms with van der Waals surface area (Å²) in [6.45, 7) is 10.8. The maximum Gasteiger partial charge on any atom is 0.0624 e. The molecule has 2 aliphatic rings. The number of hydrogen-bond donors (Lipinski definition) is 1. The summed E-state index contributed by atoms with van der Waals surface area (Å²) in [6, 6.07) is 0.785. The van der Waals surface area contributed by atoms with Crippen LogP contribution in [0, 0.1) is 5.41 Å². The van der Waals surface area contributed by atoms with Gasteiger partial charge < -0.3 is 14.8 Å². The molecular formula is C15H29NO2. The fourth-order valence-electron chi connectivity index (χ4n) is 2.58. The van der Waals surface area contributed by atoms with Crippen molar-refractivity contribution in [1.82, 2.24) is 5.32 Å². The molecule has 3 heteroatoms. The highest BCUT2D eigenvalue weighted by Gasteiger charge is 2.29. The number of rotatable bonds is 6. The fraction of sp³-hybridized carbons (Fsp3) is 1.00. The van der Waals surface area contributed by atoms with Crippen LogP contribution in [0.2, 0.25) is 0 Å². The van der Waals surface area contributed by atoms with Crippen LogP contribution < -0.4 is 5.32 Å². The Kier molecular flexibility index (Phi) is 4.68. The van der Waals surface area contributed by atoms with Gasteiger partial charge in [0.15, 0.2) is 0 Å². The summed E-state index contributed by atoms with van der Waals surface area (Å²) in [4.78, 5) is 0. The van der Waals surface area contributed by atoms with Crippen LogP contribution in [0.25, 0.3) is 0 Å². The van der Waals surface area contributed by atoms with Gasteiger partial charge in [0, 0.05) is 18.0 Å². The minimum absolute atomic E-state index is 0.230. The molecule has 0 radical (unpaired) electrons. The molecule has 0 spiro atoms. The highest BCUT2D eigenvalue weighted by Crippen LogP contribution is 2.25. The average molecular weight is 255 g/mol. The van der Waals surface area contributed by atoms with Crippen molar-refractivity contribution in [3.05, 3.63) is 0 Å². The van der Waals surface area contributed by atoms with Crippen LogP contribution in [0.3, 0.4) is 0 Å². The molecule has 2 rings (SSSR count). The molecule has 0 aromatic carbocycles. The summed E-state index contributed by atoms with van der Waals surface area (Å²) in [5, 5.41) is 3.60. The molecule has 0 aromatic rings. The third-order valence-corrected chi connectivity index (χ3v) is 3.81. The van der Waals surface area contributed by atoms with Crippen LogP contribution in [0.15, 0.2) is 0 Å².